The standard InChI is InChI=1S/C10H14O3/c1-6-4-8(11)5-7(2)9(6)10(12)13-3/h4,7,9H,5H2,1-3H3/t7-,9+/m1/s1. The number of hydrogen-bond donors (Lipinski definition) is 0. The summed E-state index contributed by atoms with van der Waals surface area (Å²) >= 11 is 0. The van der Waals surface area contributed by atoms with E-state index in [1.54, 1.807) is 13.0 Å². The third-order valence-corrected chi connectivity index (χ3v) is 2.43. The van der Waals surface area contributed by atoms with Crippen LogP contribution in [-0.2, 0) is 14.3 Å². The van der Waals surface area contributed by atoms with Gasteiger partial charge in [-0.2, -0.15) is 0 Å². The first-order chi connectivity index (χ1) is 6.06. The first-order valence-corrected chi connectivity index (χ1v) is 4.35. The van der Waals surface area contributed by atoms with Gasteiger partial charge in [0, 0.05) is 6.42 Å². The second-order valence-corrected chi connectivity index (χ2v) is 3.54. The molecule has 1 aliphatic rings. The first kappa shape index (κ1) is 9.96. The molecule has 0 amide bonds. The summed E-state index contributed by atoms with van der Waals surface area (Å²) in [5.74, 6) is -0.313. The molecule has 2 atom stereocenters. The van der Waals surface area contributed by atoms with Gasteiger partial charge in [-0.05, 0) is 18.9 Å². The molecule has 0 heterocycles. The Labute approximate surface area is 77.8 Å². The smallest absolute Gasteiger partial charge is 0.313 e. The van der Waals surface area contributed by atoms with Crippen molar-refractivity contribution in [3.05, 3.63) is 11.6 Å². The largest absolute Gasteiger partial charge is 0.469 e. The van der Waals surface area contributed by atoms with Crippen LogP contribution in [0.25, 0.3) is 0 Å². The van der Waals surface area contributed by atoms with Gasteiger partial charge in [0.1, 0.15) is 0 Å². The molecule has 0 aromatic rings. The average Bonchev–Trinajstić information content (AvgIpc) is 2.02. The highest BCUT2D eigenvalue weighted by molar-refractivity contribution is 5.94. The maximum Gasteiger partial charge on any atom is 0.313 e. The SMILES string of the molecule is COC(=O)[C@H]1C(C)=CC(=O)C[C@H]1C. The molecule has 72 valence electrons. The molecule has 0 spiro atoms. The van der Waals surface area contributed by atoms with E-state index in [0.717, 1.165) is 5.57 Å². The Balaban J connectivity index is 2.90. The predicted octanol–water partition coefficient (Wildman–Crippen LogP) is 1.33. The van der Waals surface area contributed by atoms with Gasteiger partial charge in [0.15, 0.2) is 5.78 Å². The van der Waals surface area contributed by atoms with Crippen molar-refractivity contribution in [2.45, 2.75) is 20.3 Å². The normalized spacial score (nSPS) is 28.2. The van der Waals surface area contributed by atoms with E-state index in [1.165, 1.54) is 7.11 Å². The fourth-order valence-corrected chi connectivity index (χ4v) is 1.83. The molecule has 0 saturated carbocycles. The van der Waals surface area contributed by atoms with Crippen molar-refractivity contribution in [1.29, 1.82) is 0 Å². The number of carbonyl (C=O) groups excluding carboxylic acids is 2. The zero-order chi connectivity index (χ0) is 10.0. The maximum absolute atomic E-state index is 11.3. The average molecular weight is 182 g/mol. The number of carbonyl (C=O) groups is 2. The van der Waals surface area contributed by atoms with Crippen molar-refractivity contribution < 1.29 is 14.3 Å². The molecule has 13 heavy (non-hydrogen) atoms. The minimum absolute atomic E-state index is 0.0601. The highest BCUT2D eigenvalue weighted by Gasteiger charge is 2.32. The van der Waals surface area contributed by atoms with E-state index in [9.17, 15) is 9.59 Å². The molecular weight excluding hydrogens is 168 g/mol. The van der Waals surface area contributed by atoms with Crippen molar-refractivity contribution in [2.75, 3.05) is 7.11 Å². The molecule has 0 aliphatic heterocycles. The topological polar surface area (TPSA) is 43.4 Å². The van der Waals surface area contributed by atoms with Crippen molar-refractivity contribution >= 4 is 11.8 Å². The van der Waals surface area contributed by atoms with Gasteiger partial charge >= 0.3 is 5.97 Å². The Hall–Kier alpha value is -1.12. The Morgan fingerprint density at radius 3 is 2.69 bits per heavy atom. The van der Waals surface area contributed by atoms with E-state index in [0.29, 0.717) is 6.42 Å². The Bertz CT molecular complexity index is 265. The number of ketones is 1. The number of ether oxygens (including phenoxy) is 1. The minimum Gasteiger partial charge on any atom is -0.469 e. The summed E-state index contributed by atoms with van der Waals surface area (Å²) in [7, 11) is 1.37. The van der Waals surface area contributed by atoms with Crippen LogP contribution in [0, 0.1) is 11.8 Å². The van der Waals surface area contributed by atoms with Gasteiger partial charge in [0.25, 0.3) is 0 Å². The summed E-state index contributed by atoms with van der Waals surface area (Å²) in [6.07, 6.45) is 1.98. The molecule has 0 saturated heterocycles. The van der Waals surface area contributed by atoms with Crippen molar-refractivity contribution in [2.24, 2.45) is 11.8 Å². The highest BCUT2D eigenvalue weighted by Crippen LogP contribution is 2.29. The minimum atomic E-state index is -0.242. The van der Waals surface area contributed by atoms with Crippen molar-refractivity contribution in [3.8, 4) is 0 Å². The van der Waals surface area contributed by atoms with Crippen LogP contribution in [-0.4, -0.2) is 18.9 Å². The van der Waals surface area contributed by atoms with Gasteiger partial charge in [-0.25, -0.2) is 0 Å². The van der Waals surface area contributed by atoms with Crippen LogP contribution in [0.15, 0.2) is 11.6 Å². The molecule has 0 aromatic carbocycles. The van der Waals surface area contributed by atoms with Gasteiger partial charge in [-0.3, -0.25) is 9.59 Å². The summed E-state index contributed by atoms with van der Waals surface area (Å²) in [6, 6.07) is 0. The second kappa shape index (κ2) is 3.73. The zero-order valence-electron chi connectivity index (χ0n) is 8.16. The Kier molecular flexibility index (Phi) is 2.86. The van der Waals surface area contributed by atoms with Crippen LogP contribution in [0.5, 0.6) is 0 Å². The number of hydrogen-bond acceptors (Lipinski definition) is 3. The van der Waals surface area contributed by atoms with Crippen LogP contribution in [0.2, 0.25) is 0 Å². The van der Waals surface area contributed by atoms with E-state index in [1.807, 2.05) is 6.92 Å². The molecule has 0 unspecified atom stereocenters. The number of methoxy groups -OCH3 is 1. The Morgan fingerprint density at radius 2 is 2.23 bits per heavy atom. The molecule has 0 N–H and O–H groups in total. The third-order valence-electron chi connectivity index (χ3n) is 2.43. The van der Waals surface area contributed by atoms with Crippen LogP contribution in [0.3, 0.4) is 0 Å². The number of allylic oxidation sites excluding steroid dienone is 1. The summed E-state index contributed by atoms with van der Waals surface area (Å²) in [5, 5.41) is 0. The second-order valence-electron chi connectivity index (χ2n) is 3.54. The lowest BCUT2D eigenvalue weighted by Crippen LogP contribution is -2.29. The van der Waals surface area contributed by atoms with E-state index in [4.69, 9.17) is 0 Å². The van der Waals surface area contributed by atoms with Crippen molar-refractivity contribution in [1.82, 2.24) is 0 Å². The summed E-state index contributed by atoms with van der Waals surface area (Å²) in [6.45, 7) is 3.70. The molecule has 3 nitrogen and oxygen atoms in total. The van der Waals surface area contributed by atoms with Crippen LogP contribution < -0.4 is 0 Å². The van der Waals surface area contributed by atoms with Crippen LogP contribution in [0.1, 0.15) is 20.3 Å². The molecule has 1 aliphatic carbocycles. The van der Waals surface area contributed by atoms with Gasteiger partial charge in [-0.15, -0.1) is 0 Å². The molecule has 0 bridgehead atoms. The van der Waals surface area contributed by atoms with Gasteiger partial charge in [-0.1, -0.05) is 12.5 Å². The van der Waals surface area contributed by atoms with E-state index in [2.05, 4.69) is 4.74 Å². The van der Waals surface area contributed by atoms with Gasteiger partial charge in [0.05, 0.1) is 13.0 Å². The molecule has 0 radical (unpaired) electrons. The first-order valence-electron chi connectivity index (χ1n) is 4.35. The summed E-state index contributed by atoms with van der Waals surface area (Å²) in [4.78, 5) is 22.4. The van der Waals surface area contributed by atoms with Crippen molar-refractivity contribution in [3.63, 3.8) is 0 Å². The lowest BCUT2D eigenvalue weighted by Gasteiger charge is -2.25. The number of rotatable bonds is 1. The van der Waals surface area contributed by atoms with E-state index >= 15 is 0 Å². The highest BCUT2D eigenvalue weighted by atomic mass is 16.5. The van der Waals surface area contributed by atoms with Gasteiger partial charge in [0.2, 0.25) is 0 Å². The summed E-state index contributed by atoms with van der Waals surface area (Å²) in [5.41, 5.74) is 0.815. The predicted molar refractivity (Wildman–Crippen MR) is 48.1 cm³/mol. The summed E-state index contributed by atoms with van der Waals surface area (Å²) < 4.78 is 4.67. The van der Waals surface area contributed by atoms with Gasteiger partial charge < -0.3 is 4.74 Å². The third kappa shape index (κ3) is 1.97. The molecular formula is C10H14O3. The maximum atomic E-state index is 11.3. The van der Waals surface area contributed by atoms with Crippen LogP contribution in [0.4, 0.5) is 0 Å². The molecule has 0 aromatic heterocycles. The van der Waals surface area contributed by atoms with Crippen LogP contribution >= 0.6 is 0 Å². The fraction of sp³-hybridized carbons (Fsp3) is 0.600. The monoisotopic (exact) mass is 182 g/mol. The van der Waals surface area contributed by atoms with E-state index < -0.39 is 0 Å². The van der Waals surface area contributed by atoms with E-state index in [-0.39, 0.29) is 23.6 Å². The fourth-order valence-electron chi connectivity index (χ4n) is 1.83. The zero-order valence-corrected chi connectivity index (χ0v) is 8.16. The molecule has 1 rings (SSSR count). The Morgan fingerprint density at radius 1 is 1.62 bits per heavy atom. The lowest BCUT2D eigenvalue weighted by atomic mass is 9.80. The lowest BCUT2D eigenvalue weighted by molar-refractivity contribution is -0.146. The molecule has 0 fully saturated rings. The number of esters is 1. The molecule has 3 heteroatoms. The quantitative estimate of drug-likeness (QED) is 0.574.